The van der Waals surface area contributed by atoms with Crippen molar-refractivity contribution in [3.8, 4) is 11.5 Å². The van der Waals surface area contributed by atoms with E-state index in [9.17, 15) is 14.4 Å². The predicted molar refractivity (Wildman–Crippen MR) is 133 cm³/mol. The van der Waals surface area contributed by atoms with Gasteiger partial charge in [-0.3, -0.25) is 14.2 Å². The van der Waals surface area contributed by atoms with Gasteiger partial charge in [-0.1, -0.05) is 30.3 Å². The van der Waals surface area contributed by atoms with Crippen LogP contribution in [-0.4, -0.2) is 50.3 Å². The number of carbonyl (C=O) groups is 1. The lowest BCUT2D eigenvalue weighted by Gasteiger charge is -2.38. The van der Waals surface area contributed by atoms with Crippen molar-refractivity contribution in [1.82, 2.24) is 23.6 Å². The van der Waals surface area contributed by atoms with E-state index >= 15 is 0 Å². The van der Waals surface area contributed by atoms with Crippen molar-refractivity contribution in [1.29, 1.82) is 0 Å². The molecule has 1 aliphatic heterocycles. The Morgan fingerprint density at radius 3 is 2.44 bits per heavy atom. The van der Waals surface area contributed by atoms with Crippen LogP contribution in [0, 0.1) is 0 Å². The van der Waals surface area contributed by atoms with Crippen LogP contribution in [0.3, 0.4) is 0 Å². The van der Waals surface area contributed by atoms with E-state index in [2.05, 4.69) is 4.98 Å². The number of nitrogens with zero attached hydrogens (tertiary/aromatic N) is 5. The average molecular weight is 490 g/mol. The monoisotopic (exact) mass is 489 g/mol. The van der Waals surface area contributed by atoms with Gasteiger partial charge in [0, 0.05) is 20.6 Å². The lowest BCUT2D eigenvalue weighted by Crippen LogP contribution is -2.47. The van der Waals surface area contributed by atoms with Crippen LogP contribution in [0.15, 0.2) is 58.4 Å². The lowest BCUT2D eigenvalue weighted by molar-refractivity contribution is -0.134. The van der Waals surface area contributed by atoms with Gasteiger partial charge in [0.25, 0.3) is 5.56 Å². The molecule has 36 heavy (non-hydrogen) atoms. The second-order valence-electron chi connectivity index (χ2n) is 8.82. The highest BCUT2D eigenvalue weighted by Gasteiger charge is 2.34. The summed E-state index contributed by atoms with van der Waals surface area (Å²) in [6.07, 6.45) is 2.07. The first kappa shape index (κ1) is 23.4. The molecule has 1 amide bonds. The highest BCUT2D eigenvalue weighted by Crippen LogP contribution is 2.41. The molecule has 0 aliphatic carbocycles. The molecule has 0 fully saturated rings. The number of hydrogen-bond acceptors (Lipinski definition) is 6. The molecule has 2 aromatic carbocycles. The third-order valence-electron chi connectivity index (χ3n) is 6.80. The maximum absolute atomic E-state index is 13.8. The number of amides is 1. The summed E-state index contributed by atoms with van der Waals surface area (Å²) in [5.74, 6) is 0.866. The van der Waals surface area contributed by atoms with Gasteiger partial charge in [-0.25, -0.2) is 14.3 Å². The maximum Gasteiger partial charge on any atom is 0.332 e. The van der Waals surface area contributed by atoms with Crippen molar-refractivity contribution in [3.05, 3.63) is 86.3 Å². The molecule has 0 bridgehead atoms. The predicted octanol–water partition coefficient (Wildman–Crippen LogP) is 1.63. The summed E-state index contributed by atoms with van der Waals surface area (Å²) >= 11 is 0. The number of imidazole rings is 1. The molecule has 4 aromatic rings. The zero-order chi connectivity index (χ0) is 25.6. The first-order valence-corrected chi connectivity index (χ1v) is 11.6. The van der Waals surface area contributed by atoms with Crippen LogP contribution in [0.4, 0.5) is 0 Å². The zero-order valence-electron chi connectivity index (χ0n) is 20.6. The van der Waals surface area contributed by atoms with Gasteiger partial charge in [0.05, 0.1) is 26.6 Å². The standard InChI is InChI=1S/C26H27N5O5/c1-28-15-27-24-23(28)25(33)31(26(34)29(24)2)14-21(32)30-11-10-17-12-19(35-3)20(36-4)13-18(17)22(30)16-8-6-5-7-9-16/h5-9,12-13,15,22H,10-11,14H2,1-4H3. The van der Waals surface area contributed by atoms with Crippen molar-refractivity contribution in [2.75, 3.05) is 20.8 Å². The Balaban J connectivity index is 1.60. The number of benzene rings is 2. The lowest BCUT2D eigenvalue weighted by atomic mass is 9.87. The van der Waals surface area contributed by atoms with E-state index in [1.54, 1.807) is 37.8 Å². The molecule has 10 heteroatoms. The van der Waals surface area contributed by atoms with E-state index in [0.29, 0.717) is 24.5 Å². The highest BCUT2D eigenvalue weighted by molar-refractivity contribution is 5.78. The van der Waals surface area contributed by atoms with Crippen LogP contribution in [-0.2, 0) is 31.9 Å². The second-order valence-corrected chi connectivity index (χ2v) is 8.82. The van der Waals surface area contributed by atoms with Gasteiger partial charge in [-0.05, 0) is 35.2 Å². The van der Waals surface area contributed by atoms with Crippen molar-refractivity contribution < 1.29 is 14.3 Å². The quantitative estimate of drug-likeness (QED) is 0.422. The van der Waals surface area contributed by atoms with Crippen molar-refractivity contribution in [3.63, 3.8) is 0 Å². The van der Waals surface area contributed by atoms with E-state index < -0.39 is 17.3 Å². The minimum atomic E-state index is -0.584. The van der Waals surface area contributed by atoms with Gasteiger partial charge in [0.2, 0.25) is 5.91 Å². The topological polar surface area (TPSA) is 101 Å². The summed E-state index contributed by atoms with van der Waals surface area (Å²) in [6.45, 7) is 0.0441. The number of ether oxygens (including phenoxy) is 2. The molecule has 1 atom stereocenters. The molecule has 0 N–H and O–H groups in total. The van der Waals surface area contributed by atoms with Crippen LogP contribution >= 0.6 is 0 Å². The zero-order valence-corrected chi connectivity index (χ0v) is 20.6. The molecule has 1 aliphatic rings. The summed E-state index contributed by atoms with van der Waals surface area (Å²) in [7, 11) is 6.39. The Morgan fingerprint density at radius 2 is 1.75 bits per heavy atom. The highest BCUT2D eigenvalue weighted by atomic mass is 16.5. The molecule has 0 saturated heterocycles. The fourth-order valence-electron chi connectivity index (χ4n) is 4.97. The molecule has 2 aromatic heterocycles. The molecule has 1 unspecified atom stereocenters. The SMILES string of the molecule is COc1cc2c(cc1OC)C(c1ccccc1)N(C(=O)Cn1c(=O)c3c(ncn3C)n(C)c1=O)CC2. The second kappa shape index (κ2) is 9.03. The molecule has 10 nitrogen and oxygen atoms in total. The first-order valence-electron chi connectivity index (χ1n) is 11.6. The van der Waals surface area contributed by atoms with E-state index in [0.717, 1.165) is 21.3 Å². The average Bonchev–Trinajstić information content (AvgIpc) is 3.30. The molecule has 3 heterocycles. The summed E-state index contributed by atoms with van der Waals surface area (Å²) in [4.78, 5) is 45.8. The third kappa shape index (κ3) is 3.65. The largest absolute Gasteiger partial charge is 0.493 e. The molecular formula is C26H27N5O5. The molecule has 186 valence electrons. The summed E-state index contributed by atoms with van der Waals surface area (Å²) in [6, 6.07) is 13.1. The summed E-state index contributed by atoms with van der Waals surface area (Å²) in [5, 5.41) is 0. The Bertz CT molecular complexity index is 1580. The van der Waals surface area contributed by atoms with Crippen LogP contribution in [0.1, 0.15) is 22.7 Å². The number of rotatable bonds is 5. The van der Waals surface area contributed by atoms with Crippen LogP contribution in [0.2, 0.25) is 0 Å². The fourth-order valence-corrected chi connectivity index (χ4v) is 4.97. The minimum absolute atomic E-state index is 0.269. The van der Waals surface area contributed by atoms with Gasteiger partial charge in [-0.15, -0.1) is 0 Å². The molecule has 0 saturated carbocycles. The van der Waals surface area contributed by atoms with Crippen molar-refractivity contribution in [2.45, 2.75) is 19.0 Å². The normalized spacial score (nSPS) is 15.1. The molecule has 0 radical (unpaired) electrons. The molecular weight excluding hydrogens is 462 g/mol. The summed E-state index contributed by atoms with van der Waals surface area (Å²) in [5.41, 5.74) is 2.31. The smallest absolute Gasteiger partial charge is 0.332 e. The molecule has 5 rings (SSSR count). The van der Waals surface area contributed by atoms with Gasteiger partial charge in [0.15, 0.2) is 22.7 Å². The molecule has 0 spiro atoms. The van der Waals surface area contributed by atoms with Crippen LogP contribution in [0.25, 0.3) is 11.2 Å². The minimum Gasteiger partial charge on any atom is -0.493 e. The van der Waals surface area contributed by atoms with Gasteiger partial charge >= 0.3 is 5.69 Å². The Morgan fingerprint density at radius 1 is 1.06 bits per heavy atom. The van der Waals surface area contributed by atoms with E-state index in [-0.39, 0.29) is 23.6 Å². The van der Waals surface area contributed by atoms with Crippen molar-refractivity contribution >= 4 is 17.1 Å². The Labute approximate surface area is 206 Å². The first-order chi connectivity index (χ1) is 17.3. The van der Waals surface area contributed by atoms with Gasteiger partial charge < -0.3 is 18.9 Å². The number of hydrogen-bond donors (Lipinski definition) is 0. The number of aromatic nitrogens is 4. The van der Waals surface area contributed by atoms with Crippen LogP contribution in [0.5, 0.6) is 11.5 Å². The van der Waals surface area contributed by atoms with E-state index in [1.807, 2.05) is 42.5 Å². The Kier molecular flexibility index (Phi) is 5.87. The number of fused-ring (bicyclic) bond motifs is 2. The van der Waals surface area contributed by atoms with Crippen molar-refractivity contribution in [2.24, 2.45) is 14.1 Å². The Hall–Kier alpha value is -4.34. The van der Waals surface area contributed by atoms with Crippen LogP contribution < -0.4 is 20.7 Å². The third-order valence-corrected chi connectivity index (χ3v) is 6.80. The fraction of sp³-hybridized carbons (Fsp3) is 0.308. The maximum atomic E-state index is 13.8. The number of methoxy groups -OCH3 is 2. The van der Waals surface area contributed by atoms with E-state index in [4.69, 9.17) is 9.47 Å². The summed E-state index contributed by atoms with van der Waals surface area (Å²) < 4.78 is 14.9. The van der Waals surface area contributed by atoms with Gasteiger partial charge in [0.1, 0.15) is 6.54 Å². The van der Waals surface area contributed by atoms with E-state index in [1.165, 1.54) is 10.9 Å². The number of carbonyl (C=O) groups excluding carboxylic acids is 1. The number of aryl methyl sites for hydroxylation is 2. The van der Waals surface area contributed by atoms with Gasteiger partial charge in [-0.2, -0.15) is 0 Å².